The zero-order valence-electron chi connectivity index (χ0n) is 33.7. The minimum absolute atomic E-state index is 0.573. The predicted molar refractivity (Wildman–Crippen MR) is 243 cm³/mol. The van der Waals surface area contributed by atoms with Crippen molar-refractivity contribution < 1.29 is 0 Å². The molecule has 5 heterocycles. The van der Waals surface area contributed by atoms with Crippen molar-refractivity contribution >= 4 is 21.5 Å². The number of pyridine rings is 4. The third-order valence-electron chi connectivity index (χ3n) is 11.0. The Morgan fingerprint density at radius 2 is 0.700 bits per heavy atom. The monoisotopic (exact) mass is 773 g/mol. The molecule has 7 nitrogen and oxygen atoms in total. The second-order valence-electron chi connectivity index (χ2n) is 15.4. The van der Waals surface area contributed by atoms with E-state index in [9.17, 15) is 0 Å². The van der Waals surface area contributed by atoms with Crippen LogP contribution in [0, 0.1) is 27.7 Å². The summed E-state index contributed by atoms with van der Waals surface area (Å²) >= 11 is 0. The standard InChI is InChI=1S/C53H39N7/c1-32-28-54-30-42-19-17-40(26-47(32)42)51-58-52(41-18-20-43-31-55-29-33(2)48(43)27-41)60-53(59-51)46-24-44(36-11-7-13-38(21-36)49-15-5-9-34(3)56-49)23-45(25-46)37-12-8-14-39(22-37)50-16-6-10-35(4)57-50/h5-31H,1-4H3. The molecular formula is C53H39N7. The van der Waals surface area contributed by atoms with Gasteiger partial charge in [0.05, 0.1) is 11.4 Å². The molecule has 0 N–H and O–H groups in total. The van der Waals surface area contributed by atoms with E-state index >= 15 is 0 Å². The molecule has 0 saturated carbocycles. The zero-order chi connectivity index (χ0) is 40.7. The first-order valence-corrected chi connectivity index (χ1v) is 20.0. The van der Waals surface area contributed by atoms with Gasteiger partial charge in [0.25, 0.3) is 0 Å². The Bertz CT molecular complexity index is 3070. The molecule has 0 amide bonds. The number of aryl methyl sites for hydroxylation is 4. The van der Waals surface area contributed by atoms with E-state index in [-0.39, 0.29) is 0 Å². The van der Waals surface area contributed by atoms with Gasteiger partial charge in [-0.05, 0) is 139 Å². The Balaban J connectivity index is 1.20. The zero-order valence-corrected chi connectivity index (χ0v) is 33.7. The molecule has 60 heavy (non-hydrogen) atoms. The van der Waals surface area contributed by atoms with E-state index in [1.807, 2.05) is 50.8 Å². The summed E-state index contributed by atoms with van der Waals surface area (Å²) < 4.78 is 0. The molecule has 0 bridgehead atoms. The van der Waals surface area contributed by atoms with Crippen LogP contribution in [0.15, 0.2) is 164 Å². The lowest BCUT2D eigenvalue weighted by atomic mass is 9.93. The van der Waals surface area contributed by atoms with E-state index in [4.69, 9.17) is 24.9 Å². The van der Waals surface area contributed by atoms with E-state index in [0.717, 1.165) is 106 Å². The first-order valence-electron chi connectivity index (χ1n) is 20.0. The van der Waals surface area contributed by atoms with Gasteiger partial charge in [0.2, 0.25) is 0 Å². The van der Waals surface area contributed by atoms with E-state index in [0.29, 0.717) is 17.5 Å². The van der Waals surface area contributed by atoms with Gasteiger partial charge >= 0.3 is 0 Å². The summed E-state index contributed by atoms with van der Waals surface area (Å²) in [4.78, 5) is 34.2. The molecule has 7 heteroatoms. The van der Waals surface area contributed by atoms with Crippen LogP contribution in [0.3, 0.4) is 0 Å². The lowest BCUT2D eigenvalue weighted by molar-refractivity contribution is 1.07. The van der Waals surface area contributed by atoms with Gasteiger partial charge in [0.15, 0.2) is 17.5 Å². The first-order chi connectivity index (χ1) is 29.3. The van der Waals surface area contributed by atoms with Crippen LogP contribution in [0.25, 0.3) is 100 Å². The van der Waals surface area contributed by atoms with E-state index < -0.39 is 0 Å². The molecule has 0 fully saturated rings. The van der Waals surface area contributed by atoms with E-state index in [1.54, 1.807) is 0 Å². The molecule has 0 aliphatic carbocycles. The van der Waals surface area contributed by atoms with Crippen LogP contribution in [0.2, 0.25) is 0 Å². The molecule has 0 saturated heterocycles. The van der Waals surface area contributed by atoms with Crippen LogP contribution in [0.5, 0.6) is 0 Å². The SMILES string of the molecule is Cc1cccc(-c2cccc(-c3cc(-c4cccc(-c5cccc(C)n5)c4)cc(-c4nc(-c5ccc6cncc(C)c6c5)nc(-c5ccc6cncc(C)c6c5)n4)c3)c2)n1. The third-order valence-corrected chi connectivity index (χ3v) is 11.0. The highest BCUT2D eigenvalue weighted by molar-refractivity contribution is 5.90. The Kier molecular flexibility index (Phi) is 9.26. The van der Waals surface area contributed by atoms with Gasteiger partial charge < -0.3 is 0 Å². The van der Waals surface area contributed by atoms with Crippen molar-refractivity contribution in [1.29, 1.82) is 0 Å². The summed E-state index contributed by atoms with van der Waals surface area (Å²) in [7, 11) is 0. The fraction of sp³-hybridized carbons (Fsp3) is 0.0755. The summed E-state index contributed by atoms with van der Waals surface area (Å²) in [5.74, 6) is 1.75. The van der Waals surface area contributed by atoms with Gasteiger partial charge in [-0.2, -0.15) is 0 Å². The molecule has 0 aliphatic rings. The molecule has 0 atom stereocenters. The normalized spacial score (nSPS) is 11.3. The maximum atomic E-state index is 5.27. The van der Waals surface area contributed by atoms with Crippen molar-refractivity contribution in [3.05, 3.63) is 187 Å². The minimum atomic E-state index is 0.573. The van der Waals surface area contributed by atoms with Gasteiger partial charge in [-0.15, -0.1) is 0 Å². The molecule has 0 unspecified atom stereocenters. The smallest absolute Gasteiger partial charge is 0.164 e. The highest BCUT2D eigenvalue weighted by atomic mass is 15.0. The number of aromatic nitrogens is 7. The average molecular weight is 774 g/mol. The lowest BCUT2D eigenvalue weighted by Crippen LogP contribution is -2.01. The molecule has 0 aliphatic heterocycles. The Morgan fingerprint density at radius 1 is 0.300 bits per heavy atom. The largest absolute Gasteiger partial charge is 0.264 e. The first kappa shape index (κ1) is 36.6. The van der Waals surface area contributed by atoms with Crippen molar-refractivity contribution in [2.75, 3.05) is 0 Å². The Morgan fingerprint density at radius 3 is 1.17 bits per heavy atom. The van der Waals surface area contributed by atoms with Crippen LogP contribution in [0.1, 0.15) is 22.5 Å². The summed E-state index contributed by atoms with van der Waals surface area (Å²) in [5.41, 5.74) is 14.9. The number of fused-ring (bicyclic) bond motifs is 2. The quantitative estimate of drug-likeness (QED) is 0.159. The molecule has 10 aromatic rings. The van der Waals surface area contributed by atoms with Crippen LogP contribution in [-0.2, 0) is 0 Å². The number of rotatable bonds is 7. The van der Waals surface area contributed by atoms with E-state index in [1.165, 1.54) is 0 Å². The summed E-state index contributed by atoms with van der Waals surface area (Å²) in [6.07, 6.45) is 7.57. The molecule has 5 aromatic carbocycles. The van der Waals surface area contributed by atoms with Crippen LogP contribution in [-0.4, -0.2) is 34.9 Å². The highest BCUT2D eigenvalue weighted by Crippen LogP contribution is 2.36. The number of hydrogen-bond acceptors (Lipinski definition) is 7. The maximum absolute atomic E-state index is 5.27. The fourth-order valence-corrected chi connectivity index (χ4v) is 7.87. The highest BCUT2D eigenvalue weighted by Gasteiger charge is 2.17. The van der Waals surface area contributed by atoms with Crippen molar-refractivity contribution in [3.8, 4) is 78.9 Å². The van der Waals surface area contributed by atoms with Gasteiger partial charge in [0.1, 0.15) is 0 Å². The third kappa shape index (κ3) is 7.18. The van der Waals surface area contributed by atoms with Gasteiger partial charge in [-0.3, -0.25) is 19.9 Å². The van der Waals surface area contributed by atoms with E-state index in [2.05, 4.69) is 151 Å². The Hall–Kier alpha value is -7.77. The maximum Gasteiger partial charge on any atom is 0.164 e. The number of nitrogens with zero attached hydrogens (tertiary/aromatic N) is 7. The molecule has 5 aromatic heterocycles. The summed E-state index contributed by atoms with van der Waals surface area (Å²) in [6, 6.07) is 48.7. The summed E-state index contributed by atoms with van der Waals surface area (Å²) in [6.45, 7) is 8.20. The lowest BCUT2D eigenvalue weighted by Gasteiger charge is -2.14. The Labute approximate surface area is 348 Å². The predicted octanol–water partition coefficient (Wildman–Crippen LogP) is 12.7. The van der Waals surface area contributed by atoms with Crippen molar-refractivity contribution in [2.45, 2.75) is 27.7 Å². The molecular weight excluding hydrogens is 735 g/mol. The fourth-order valence-electron chi connectivity index (χ4n) is 7.87. The minimum Gasteiger partial charge on any atom is -0.264 e. The number of benzene rings is 5. The van der Waals surface area contributed by atoms with Crippen LogP contribution in [0.4, 0.5) is 0 Å². The number of hydrogen-bond donors (Lipinski definition) is 0. The topological polar surface area (TPSA) is 90.2 Å². The van der Waals surface area contributed by atoms with Crippen molar-refractivity contribution in [2.24, 2.45) is 0 Å². The summed E-state index contributed by atoms with van der Waals surface area (Å²) in [5, 5.41) is 4.34. The molecule has 286 valence electrons. The second-order valence-corrected chi connectivity index (χ2v) is 15.4. The van der Waals surface area contributed by atoms with Crippen molar-refractivity contribution in [1.82, 2.24) is 34.9 Å². The van der Waals surface area contributed by atoms with Gasteiger partial charge in [0, 0.05) is 74.8 Å². The van der Waals surface area contributed by atoms with Crippen LogP contribution >= 0.6 is 0 Å². The second kappa shape index (κ2) is 15.2. The van der Waals surface area contributed by atoms with Crippen LogP contribution < -0.4 is 0 Å². The molecule has 0 radical (unpaired) electrons. The van der Waals surface area contributed by atoms with Gasteiger partial charge in [-0.1, -0.05) is 72.8 Å². The average Bonchev–Trinajstić information content (AvgIpc) is 3.29. The van der Waals surface area contributed by atoms with Crippen molar-refractivity contribution in [3.63, 3.8) is 0 Å². The van der Waals surface area contributed by atoms with Gasteiger partial charge in [-0.25, -0.2) is 15.0 Å². The molecule has 0 spiro atoms. The molecule has 10 rings (SSSR count).